The first-order chi connectivity index (χ1) is 13.3. The summed E-state index contributed by atoms with van der Waals surface area (Å²) >= 11 is 0. The Hall–Kier alpha value is -2.64. The summed E-state index contributed by atoms with van der Waals surface area (Å²) in [6.07, 6.45) is -0.631. The molecule has 0 radical (unpaired) electrons. The first-order valence-corrected chi connectivity index (χ1v) is 9.26. The largest absolute Gasteiger partial charge is 0.416 e. The second-order valence-electron chi connectivity index (χ2n) is 7.16. The number of benzene rings is 1. The van der Waals surface area contributed by atoms with Gasteiger partial charge in [-0.3, -0.25) is 9.59 Å². The SMILES string of the molecule is Cc1ncc(C(=O)N2CCCC(CCc3ccccc3C(F)(F)F)C2)c(=O)[nH]1. The molecule has 28 heavy (non-hydrogen) atoms. The summed E-state index contributed by atoms with van der Waals surface area (Å²) in [4.78, 5) is 32.7. The number of halogens is 3. The molecule has 3 rings (SSSR count). The molecule has 1 amide bonds. The van der Waals surface area contributed by atoms with Crippen molar-refractivity contribution in [3.05, 3.63) is 63.3 Å². The van der Waals surface area contributed by atoms with Gasteiger partial charge in [-0.2, -0.15) is 13.2 Å². The number of nitrogens with one attached hydrogen (secondary N) is 1. The molecule has 1 unspecified atom stereocenters. The smallest absolute Gasteiger partial charge is 0.338 e. The molecular weight excluding hydrogens is 371 g/mol. The summed E-state index contributed by atoms with van der Waals surface area (Å²) in [5, 5.41) is 0. The van der Waals surface area contributed by atoms with E-state index in [0.29, 0.717) is 31.8 Å². The topological polar surface area (TPSA) is 66.1 Å². The van der Waals surface area contributed by atoms with Crippen LogP contribution in [0.25, 0.3) is 0 Å². The number of aryl methyl sites for hydroxylation is 2. The average Bonchev–Trinajstić information content (AvgIpc) is 2.66. The summed E-state index contributed by atoms with van der Waals surface area (Å²) in [6, 6.07) is 5.60. The maximum atomic E-state index is 13.1. The zero-order valence-corrected chi connectivity index (χ0v) is 15.6. The molecule has 1 atom stereocenters. The maximum Gasteiger partial charge on any atom is 0.416 e. The van der Waals surface area contributed by atoms with Gasteiger partial charge in [-0.25, -0.2) is 4.98 Å². The minimum absolute atomic E-state index is 0.00586. The molecule has 1 aromatic carbocycles. The van der Waals surface area contributed by atoms with Crippen molar-refractivity contribution in [2.75, 3.05) is 13.1 Å². The molecule has 2 aromatic rings. The Morgan fingerprint density at radius 2 is 2.07 bits per heavy atom. The number of aromatic nitrogens is 2. The molecule has 5 nitrogen and oxygen atoms in total. The van der Waals surface area contributed by atoms with E-state index in [0.717, 1.165) is 18.9 Å². The number of nitrogens with zero attached hydrogens (tertiary/aromatic N) is 2. The number of piperidine rings is 1. The normalized spacial score (nSPS) is 17.6. The Labute approximate surface area is 160 Å². The molecule has 1 aliphatic rings. The lowest BCUT2D eigenvalue weighted by Crippen LogP contribution is -2.42. The van der Waals surface area contributed by atoms with Gasteiger partial charge in [0.25, 0.3) is 11.5 Å². The number of carbonyl (C=O) groups is 1. The fraction of sp³-hybridized carbons (Fsp3) is 0.450. The van der Waals surface area contributed by atoms with E-state index in [9.17, 15) is 22.8 Å². The van der Waals surface area contributed by atoms with Gasteiger partial charge >= 0.3 is 6.18 Å². The lowest BCUT2D eigenvalue weighted by molar-refractivity contribution is -0.138. The summed E-state index contributed by atoms with van der Waals surface area (Å²) in [6.45, 7) is 2.59. The highest BCUT2D eigenvalue weighted by molar-refractivity contribution is 5.93. The number of alkyl halides is 3. The van der Waals surface area contributed by atoms with E-state index in [4.69, 9.17) is 0 Å². The monoisotopic (exact) mass is 393 g/mol. The zero-order chi connectivity index (χ0) is 20.3. The Bertz CT molecular complexity index is 908. The van der Waals surface area contributed by atoms with E-state index < -0.39 is 17.3 Å². The Balaban J connectivity index is 1.66. The fourth-order valence-corrected chi connectivity index (χ4v) is 3.67. The van der Waals surface area contributed by atoms with Crippen LogP contribution < -0.4 is 5.56 Å². The third kappa shape index (κ3) is 4.61. The number of carbonyl (C=O) groups excluding carboxylic acids is 1. The summed E-state index contributed by atoms with van der Waals surface area (Å²) < 4.78 is 39.4. The van der Waals surface area contributed by atoms with Crippen molar-refractivity contribution in [2.24, 2.45) is 5.92 Å². The Kier molecular flexibility index (Phi) is 5.86. The first kappa shape index (κ1) is 20.1. The molecule has 2 heterocycles. The minimum Gasteiger partial charge on any atom is -0.338 e. The summed E-state index contributed by atoms with van der Waals surface area (Å²) in [5.74, 6) is 0.145. The lowest BCUT2D eigenvalue weighted by Gasteiger charge is -2.32. The fourth-order valence-electron chi connectivity index (χ4n) is 3.67. The van der Waals surface area contributed by atoms with Crippen molar-refractivity contribution in [2.45, 2.75) is 38.8 Å². The van der Waals surface area contributed by atoms with Gasteiger partial charge in [0.2, 0.25) is 0 Å². The number of hydrogen-bond donors (Lipinski definition) is 1. The molecule has 0 bridgehead atoms. The predicted molar refractivity (Wildman–Crippen MR) is 98.0 cm³/mol. The van der Waals surface area contributed by atoms with Crippen LogP contribution in [0.5, 0.6) is 0 Å². The van der Waals surface area contributed by atoms with Crippen LogP contribution in [-0.2, 0) is 12.6 Å². The summed E-state index contributed by atoms with van der Waals surface area (Å²) in [5.41, 5.74) is -0.805. The van der Waals surface area contributed by atoms with E-state index >= 15 is 0 Å². The number of rotatable bonds is 4. The van der Waals surface area contributed by atoms with Crippen molar-refractivity contribution < 1.29 is 18.0 Å². The van der Waals surface area contributed by atoms with Gasteiger partial charge in [-0.1, -0.05) is 18.2 Å². The van der Waals surface area contributed by atoms with Gasteiger partial charge in [-0.05, 0) is 50.2 Å². The third-order valence-corrected chi connectivity index (χ3v) is 5.11. The predicted octanol–water partition coefficient (Wildman–Crippen LogP) is 3.58. The highest BCUT2D eigenvalue weighted by Gasteiger charge is 2.33. The van der Waals surface area contributed by atoms with Crippen molar-refractivity contribution >= 4 is 5.91 Å². The molecule has 0 saturated carbocycles. The van der Waals surface area contributed by atoms with Crippen LogP contribution in [0, 0.1) is 12.8 Å². The molecule has 1 saturated heterocycles. The van der Waals surface area contributed by atoms with Crippen LogP contribution in [0.1, 0.15) is 46.6 Å². The van der Waals surface area contributed by atoms with E-state index in [1.807, 2.05) is 0 Å². The standard InChI is InChI=1S/C20H22F3N3O2/c1-13-24-11-16(18(27)25-13)19(28)26-10-4-5-14(12-26)8-9-15-6-2-3-7-17(15)20(21,22)23/h2-3,6-7,11,14H,4-5,8-10,12H2,1H3,(H,24,25,27). The second-order valence-corrected chi connectivity index (χ2v) is 7.16. The van der Waals surface area contributed by atoms with E-state index in [-0.39, 0.29) is 23.0 Å². The van der Waals surface area contributed by atoms with Crippen LogP contribution in [0.4, 0.5) is 13.2 Å². The number of amides is 1. The van der Waals surface area contributed by atoms with Crippen LogP contribution in [0.2, 0.25) is 0 Å². The Morgan fingerprint density at radius 3 is 2.79 bits per heavy atom. The van der Waals surface area contributed by atoms with E-state index in [1.165, 1.54) is 18.3 Å². The van der Waals surface area contributed by atoms with Crippen LogP contribution in [0.15, 0.2) is 35.3 Å². The van der Waals surface area contributed by atoms with Crippen LogP contribution in [-0.4, -0.2) is 33.9 Å². The van der Waals surface area contributed by atoms with Gasteiger partial charge in [0, 0.05) is 19.3 Å². The maximum absolute atomic E-state index is 13.1. The number of H-pyrrole nitrogens is 1. The van der Waals surface area contributed by atoms with Gasteiger partial charge in [0.1, 0.15) is 11.4 Å². The number of aromatic amines is 1. The van der Waals surface area contributed by atoms with Gasteiger partial charge in [0.15, 0.2) is 0 Å². The van der Waals surface area contributed by atoms with Crippen LogP contribution >= 0.6 is 0 Å². The third-order valence-electron chi connectivity index (χ3n) is 5.11. The number of hydrogen-bond acceptors (Lipinski definition) is 3. The van der Waals surface area contributed by atoms with Crippen molar-refractivity contribution in [3.8, 4) is 0 Å². The molecule has 0 spiro atoms. The second kappa shape index (κ2) is 8.16. The lowest BCUT2D eigenvalue weighted by atomic mass is 9.90. The average molecular weight is 393 g/mol. The van der Waals surface area contributed by atoms with Crippen molar-refractivity contribution in [1.29, 1.82) is 0 Å². The first-order valence-electron chi connectivity index (χ1n) is 9.26. The number of likely N-dealkylation sites (tertiary alicyclic amines) is 1. The molecule has 1 N–H and O–H groups in total. The molecule has 1 aliphatic heterocycles. The van der Waals surface area contributed by atoms with Gasteiger partial charge < -0.3 is 9.88 Å². The Morgan fingerprint density at radius 1 is 1.32 bits per heavy atom. The highest BCUT2D eigenvalue weighted by atomic mass is 19.4. The van der Waals surface area contributed by atoms with Gasteiger partial charge in [-0.15, -0.1) is 0 Å². The molecule has 1 aromatic heterocycles. The quantitative estimate of drug-likeness (QED) is 0.864. The van der Waals surface area contributed by atoms with Crippen LogP contribution in [0.3, 0.4) is 0 Å². The molecule has 0 aliphatic carbocycles. The molecule has 150 valence electrons. The van der Waals surface area contributed by atoms with Gasteiger partial charge in [0.05, 0.1) is 5.56 Å². The molecule has 8 heteroatoms. The minimum atomic E-state index is -4.37. The van der Waals surface area contributed by atoms with E-state index in [2.05, 4.69) is 9.97 Å². The zero-order valence-electron chi connectivity index (χ0n) is 15.6. The molecule has 1 fully saturated rings. The highest BCUT2D eigenvalue weighted by Crippen LogP contribution is 2.33. The molecular formula is C20H22F3N3O2. The summed E-state index contributed by atoms with van der Waals surface area (Å²) in [7, 11) is 0. The van der Waals surface area contributed by atoms with Crippen molar-refractivity contribution in [1.82, 2.24) is 14.9 Å². The van der Waals surface area contributed by atoms with E-state index in [1.54, 1.807) is 17.9 Å². The van der Waals surface area contributed by atoms with Crippen molar-refractivity contribution in [3.63, 3.8) is 0 Å².